The van der Waals surface area contributed by atoms with Crippen LogP contribution < -0.4 is 25.8 Å². The van der Waals surface area contributed by atoms with Gasteiger partial charge < -0.3 is 25.8 Å². The summed E-state index contributed by atoms with van der Waals surface area (Å²) in [5.74, 6) is 1.98. The highest BCUT2D eigenvalue weighted by molar-refractivity contribution is 14.0. The predicted molar refractivity (Wildman–Crippen MR) is 138 cm³/mol. The number of nitrogens with zero attached hydrogens (tertiary/aromatic N) is 1. The third-order valence-corrected chi connectivity index (χ3v) is 4.06. The Bertz CT molecular complexity index is 872. The van der Waals surface area contributed by atoms with Crippen molar-refractivity contribution in [1.29, 1.82) is 0 Å². The fraction of sp³-hybridized carbons (Fsp3) is 0.391. The molecule has 0 aliphatic heterocycles. The van der Waals surface area contributed by atoms with Gasteiger partial charge in [-0.1, -0.05) is 26.0 Å². The molecule has 0 aliphatic rings. The summed E-state index contributed by atoms with van der Waals surface area (Å²) in [6.45, 7) is 9.37. The van der Waals surface area contributed by atoms with Gasteiger partial charge in [0.2, 0.25) is 5.91 Å². The molecule has 0 saturated heterocycles. The van der Waals surface area contributed by atoms with Crippen LogP contribution in [0.15, 0.2) is 47.5 Å². The summed E-state index contributed by atoms with van der Waals surface area (Å²) in [5, 5.41) is 6.00. The van der Waals surface area contributed by atoms with Gasteiger partial charge in [-0.05, 0) is 49.6 Å². The predicted octanol–water partition coefficient (Wildman–Crippen LogP) is 5.01. The standard InChI is InChI=1S/C23H32N4O3.HI/c1-5-29-19-10-11-21(30-6-2)20(14-19)27-23(24)25-15-17-8-7-9-18(13-17)26-22(28)12-16(3)4;/h7-11,13-14,16H,5-6,12,15H2,1-4H3,(H,26,28)(H3,24,25,27);1H. The first kappa shape index (κ1) is 26.5. The minimum absolute atomic E-state index is 0. The first-order chi connectivity index (χ1) is 14.4. The second kappa shape index (κ2) is 13.7. The molecule has 0 bridgehead atoms. The van der Waals surface area contributed by atoms with E-state index < -0.39 is 0 Å². The molecule has 0 heterocycles. The van der Waals surface area contributed by atoms with Crippen LogP contribution in [-0.2, 0) is 11.3 Å². The van der Waals surface area contributed by atoms with E-state index in [1.54, 1.807) is 0 Å². The van der Waals surface area contributed by atoms with E-state index in [4.69, 9.17) is 15.2 Å². The van der Waals surface area contributed by atoms with Gasteiger partial charge in [-0.3, -0.25) is 4.79 Å². The smallest absolute Gasteiger partial charge is 0.224 e. The van der Waals surface area contributed by atoms with Crippen LogP contribution in [-0.4, -0.2) is 25.1 Å². The number of nitrogens with two attached hydrogens (primary N) is 1. The SMILES string of the molecule is CCOc1ccc(OCC)c(NC(N)=NCc2cccc(NC(=O)CC(C)C)c2)c1.I. The maximum atomic E-state index is 12.0. The summed E-state index contributed by atoms with van der Waals surface area (Å²) in [4.78, 5) is 16.4. The van der Waals surface area contributed by atoms with Gasteiger partial charge in [0.25, 0.3) is 0 Å². The molecule has 0 aromatic heterocycles. The van der Waals surface area contributed by atoms with Crippen LogP contribution in [0.5, 0.6) is 11.5 Å². The van der Waals surface area contributed by atoms with Crippen LogP contribution in [0.25, 0.3) is 0 Å². The lowest BCUT2D eigenvalue weighted by Gasteiger charge is -2.14. The number of carbonyl (C=O) groups excluding carboxylic acids is 1. The number of halogens is 1. The maximum absolute atomic E-state index is 12.0. The lowest BCUT2D eigenvalue weighted by molar-refractivity contribution is -0.116. The van der Waals surface area contributed by atoms with E-state index in [-0.39, 0.29) is 35.8 Å². The molecule has 31 heavy (non-hydrogen) atoms. The van der Waals surface area contributed by atoms with Gasteiger partial charge in [0, 0.05) is 18.2 Å². The Kier molecular flexibility index (Phi) is 11.8. The summed E-state index contributed by atoms with van der Waals surface area (Å²) in [6.07, 6.45) is 0.488. The van der Waals surface area contributed by atoms with E-state index >= 15 is 0 Å². The van der Waals surface area contributed by atoms with Crippen molar-refractivity contribution in [3.63, 3.8) is 0 Å². The molecular formula is C23H33IN4O3. The number of benzene rings is 2. The Balaban J connectivity index is 0.00000480. The minimum atomic E-state index is 0. The largest absolute Gasteiger partial charge is 0.494 e. The molecule has 2 rings (SSSR count). The molecular weight excluding hydrogens is 507 g/mol. The summed E-state index contributed by atoms with van der Waals surface area (Å²) in [5.41, 5.74) is 8.48. The third kappa shape index (κ3) is 9.46. The average molecular weight is 540 g/mol. The monoisotopic (exact) mass is 540 g/mol. The number of ether oxygens (including phenoxy) is 2. The van der Waals surface area contributed by atoms with Crippen LogP contribution in [0.3, 0.4) is 0 Å². The van der Waals surface area contributed by atoms with E-state index in [2.05, 4.69) is 15.6 Å². The van der Waals surface area contributed by atoms with Crippen molar-refractivity contribution in [2.75, 3.05) is 23.8 Å². The van der Waals surface area contributed by atoms with Crippen molar-refractivity contribution in [2.24, 2.45) is 16.6 Å². The van der Waals surface area contributed by atoms with Crippen LogP contribution >= 0.6 is 24.0 Å². The highest BCUT2D eigenvalue weighted by Gasteiger charge is 2.08. The fourth-order valence-electron chi connectivity index (χ4n) is 2.83. The topological polar surface area (TPSA) is 98.0 Å². The first-order valence-electron chi connectivity index (χ1n) is 10.3. The van der Waals surface area contributed by atoms with Gasteiger partial charge in [-0.2, -0.15) is 0 Å². The molecule has 2 aromatic carbocycles. The Labute approximate surface area is 201 Å². The van der Waals surface area contributed by atoms with Crippen molar-refractivity contribution in [3.8, 4) is 11.5 Å². The molecule has 1 amide bonds. The van der Waals surface area contributed by atoms with Crippen molar-refractivity contribution >= 4 is 47.2 Å². The van der Waals surface area contributed by atoms with Crippen molar-refractivity contribution in [3.05, 3.63) is 48.0 Å². The van der Waals surface area contributed by atoms with E-state index in [9.17, 15) is 4.79 Å². The van der Waals surface area contributed by atoms with E-state index in [1.807, 2.05) is 70.2 Å². The van der Waals surface area contributed by atoms with Gasteiger partial charge in [0.05, 0.1) is 25.4 Å². The lowest BCUT2D eigenvalue weighted by atomic mass is 10.1. The zero-order chi connectivity index (χ0) is 21.9. The zero-order valence-corrected chi connectivity index (χ0v) is 20.9. The van der Waals surface area contributed by atoms with E-state index in [0.717, 1.165) is 17.0 Å². The third-order valence-electron chi connectivity index (χ3n) is 4.06. The van der Waals surface area contributed by atoms with Crippen LogP contribution in [0.4, 0.5) is 11.4 Å². The quantitative estimate of drug-likeness (QED) is 0.224. The summed E-state index contributed by atoms with van der Waals surface area (Å²) in [6, 6.07) is 13.1. The highest BCUT2D eigenvalue weighted by atomic mass is 127. The number of hydrogen-bond donors (Lipinski definition) is 3. The zero-order valence-electron chi connectivity index (χ0n) is 18.6. The number of nitrogens with one attached hydrogen (secondary N) is 2. The molecule has 0 atom stereocenters. The van der Waals surface area contributed by atoms with Gasteiger partial charge >= 0.3 is 0 Å². The molecule has 0 aliphatic carbocycles. The molecule has 4 N–H and O–H groups in total. The lowest BCUT2D eigenvalue weighted by Crippen LogP contribution is -2.23. The average Bonchev–Trinajstić information content (AvgIpc) is 2.68. The Morgan fingerprint density at radius 1 is 1.06 bits per heavy atom. The summed E-state index contributed by atoms with van der Waals surface area (Å²) < 4.78 is 11.2. The number of guanidine groups is 1. The highest BCUT2D eigenvalue weighted by Crippen LogP contribution is 2.29. The molecule has 0 unspecified atom stereocenters. The maximum Gasteiger partial charge on any atom is 0.224 e. The van der Waals surface area contributed by atoms with E-state index in [1.165, 1.54) is 0 Å². The number of anilines is 2. The first-order valence-corrected chi connectivity index (χ1v) is 10.3. The molecule has 170 valence electrons. The summed E-state index contributed by atoms with van der Waals surface area (Å²) >= 11 is 0. The number of carbonyl (C=O) groups is 1. The minimum Gasteiger partial charge on any atom is -0.494 e. The normalized spacial score (nSPS) is 10.9. The molecule has 2 aromatic rings. The summed E-state index contributed by atoms with van der Waals surface area (Å²) in [7, 11) is 0. The second-order valence-corrected chi connectivity index (χ2v) is 7.20. The van der Waals surface area contributed by atoms with Gasteiger partial charge in [-0.15, -0.1) is 24.0 Å². The molecule has 0 fully saturated rings. The van der Waals surface area contributed by atoms with Crippen LogP contribution in [0.2, 0.25) is 0 Å². The molecule has 0 spiro atoms. The van der Waals surface area contributed by atoms with Gasteiger partial charge in [0.15, 0.2) is 5.96 Å². The van der Waals surface area contributed by atoms with Gasteiger partial charge in [0.1, 0.15) is 11.5 Å². The van der Waals surface area contributed by atoms with Gasteiger partial charge in [-0.25, -0.2) is 4.99 Å². The van der Waals surface area contributed by atoms with Crippen molar-refractivity contribution in [2.45, 2.75) is 40.7 Å². The Morgan fingerprint density at radius 3 is 2.48 bits per heavy atom. The van der Waals surface area contributed by atoms with Crippen LogP contribution in [0, 0.1) is 5.92 Å². The van der Waals surface area contributed by atoms with Crippen molar-refractivity contribution in [1.82, 2.24) is 0 Å². The van der Waals surface area contributed by atoms with E-state index in [0.29, 0.717) is 43.5 Å². The molecule has 7 nitrogen and oxygen atoms in total. The Hall–Kier alpha value is -2.49. The molecule has 0 saturated carbocycles. The second-order valence-electron chi connectivity index (χ2n) is 7.20. The van der Waals surface area contributed by atoms with Crippen LogP contribution in [0.1, 0.15) is 39.7 Å². The molecule has 8 heteroatoms. The number of hydrogen-bond acceptors (Lipinski definition) is 4. The molecule has 0 radical (unpaired) electrons. The fourth-order valence-corrected chi connectivity index (χ4v) is 2.83. The Morgan fingerprint density at radius 2 is 1.81 bits per heavy atom. The number of aliphatic imine (C=N–C) groups is 1. The number of amides is 1. The number of rotatable bonds is 10. The van der Waals surface area contributed by atoms with Crippen molar-refractivity contribution < 1.29 is 14.3 Å².